The Hall–Kier alpha value is -1.00. The molecule has 0 radical (unpaired) electrons. The van der Waals surface area contributed by atoms with Gasteiger partial charge in [0.2, 0.25) is 0 Å². The molecule has 0 fully saturated rings. The van der Waals surface area contributed by atoms with Crippen LogP contribution in [-0.2, 0) is 0 Å². The quantitative estimate of drug-likeness (QED) is 0.602. The molecule has 0 amide bonds. The van der Waals surface area contributed by atoms with Crippen LogP contribution in [0.4, 0.5) is 0 Å². The summed E-state index contributed by atoms with van der Waals surface area (Å²) < 4.78 is 0. The molecule has 0 spiro atoms. The predicted octanol–water partition coefficient (Wildman–Crippen LogP) is 2.17. The zero-order valence-electron chi connectivity index (χ0n) is 2.35. The topological polar surface area (TPSA) is 0 Å². The van der Waals surface area contributed by atoms with Gasteiger partial charge in [0.1, 0.15) is 0 Å². The number of hydrogen-bond acceptors (Lipinski definition) is 0. The Morgan fingerprint density at radius 1 is 0.600 bits per heavy atom. The first-order valence-electron chi connectivity index (χ1n) is 0. The fourth-order valence-electron chi connectivity index (χ4n) is 0. The molecule has 0 saturated carbocycles. The largest absolute Gasteiger partial charge is 0.358 e. The van der Waals surface area contributed by atoms with E-state index in [0.29, 0.717) is 0 Å². The summed E-state index contributed by atoms with van der Waals surface area (Å²) in [7, 11) is 0. The van der Waals surface area contributed by atoms with E-state index in [-0.39, 0.29) is 29.7 Å². The second-order valence-electron chi connectivity index (χ2n) is 0. The van der Waals surface area contributed by atoms with Crippen LogP contribution < -0.4 is 0 Å². The first-order chi connectivity index (χ1) is 0. The molecule has 0 heterocycles. The summed E-state index contributed by atoms with van der Waals surface area (Å²) in [4.78, 5) is 0. The molecule has 40 valence electrons. The van der Waals surface area contributed by atoms with Gasteiger partial charge in [-0.25, -0.2) is 0 Å². The minimum absolute atomic E-state index is 0. The van der Waals surface area contributed by atoms with Crippen LogP contribution in [0.15, 0.2) is 0 Å². The third kappa shape index (κ3) is 3.00. The van der Waals surface area contributed by atoms with Crippen molar-refractivity contribution in [1.29, 1.82) is 0 Å². The van der Waals surface area contributed by atoms with Crippen molar-refractivity contribution in [2.24, 2.45) is 0 Å². The molecule has 0 aromatic heterocycles. The van der Waals surface area contributed by atoms with Crippen molar-refractivity contribution < 1.29 is 0 Å². The van der Waals surface area contributed by atoms with Gasteiger partial charge in [-0.1, -0.05) is 14.9 Å². The zero-order chi connectivity index (χ0) is 0. The van der Waals surface area contributed by atoms with Crippen molar-refractivity contribution in [3.63, 3.8) is 0 Å². The van der Waals surface area contributed by atoms with E-state index in [1.54, 1.807) is 0 Å². The molecule has 5 heavy (non-hydrogen) atoms. The van der Waals surface area contributed by atoms with Crippen molar-refractivity contribution in [3.8, 4) is 0 Å². The predicted molar refractivity (Wildman–Crippen MR) is 26.3 cm³/mol. The molecule has 0 atom stereocenters. The van der Waals surface area contributed by atoms with E-state index < -0.39 is 0 Å². The smallest absolute Gasteiger partial charge is 0 e. The van der Waals surface area contributed by atoms with E-state index in [4.69, 9.17) is 0 Å². The molecule has 0 saturated heterocycles. The van der Waals surface area contributed by atoms with Crippen LogP contribution in [0, 0.1) is 14.9 Å². The van der Waals surface area contributed by atoms with Crippen molar-refractivity contribution in [3.05, 3.63) is 14.9 Å². The van der Waals surface area contributed by atoms with Crippen LogP contribution in [0.25, 0.3) is 0 Å². The first-order valence-corrected chi connectivity index (χ1v) is 0. The molecule has 0 bridgehead atoms. The maximum Gasteiger partial charge on any atom is 0 e. The Labute approximate surface area is 30.9 Å². The molecule has 0 aliphatic rings. The minimum atomic E-state index is 0. The van der Waals surface area contributed by atoms with E-state index in [1.807, 2.05) is 0 Å². The monoisotopic (exact) mass is 305 g/mol. The third-order valence-electron chi connectivity index (χ3n) is 0. The van der Waals surface area contributed by atoms with Crippen LogP contribution >= 0.6 is 0 Å². The third-order valence-corrected chi connectivity index (χ3v) is 0. The SMILES string of the molecule is C.C.[CH3-].[CH3-].[Cm]. The molecule has 0 aliphatic heterocycles. The van der Waals surface area contributed by atoms with Gasteiger partial charge >= 0.3 is 0 Å². The van der Waals surface area contributed by atoms with Gasteiger partial charge in [-0.15, -0.1) is 0 Å². The Kier molecular flexibility index (Phi) is 86.4. The van der Waals surface area contributed by atoms with Crippen LogP contribution in [0.2, 0.25) is 0 Å². The van der Waals surface area contributed by atoms with Crippen LogP contribution in [-0.4, -0.2) is 0 Å². The molecule has 1 heteroatoms. The van der Waals surface area contributed by atoms with Crippen molar-refractivity contribution >= 4 is 0 Å². The molecule has 0 rings (SSSR count). The Balaban J connectivity index is 0. The summed E-state index contributed by atoms with van der Waals surface area (Å²) in [5.41, 5.74) is 0. The Morgan fingerprint density at radius 3 is 0.600 bits per heavy atom. The van der Waals surface area contributed by atoms with Crippen molar-refractivity contribution in [1.82, 2.24) is 0 Å². The molecular weight excluding hydrogens is 295 g/mol. The van der Waals surface area contributed by atoms with Gasteiger partial charge in [-0.2, -0.15) is 0 Å². The van der Waals surface area contributed by atoms with Crippen molar-refractivity contribution in [2.45, 2.75) is 14.9 Å². The first kappa shape index (κ1) is 36.0. The van der Waals surface area contributed by atoms with Gasteiger partial charge in [-0.3, -0.25) is 0 Å². The van der Waals surface area contributed by atoms with Crippen LogP contribution in [0.5, 0.6) is 0 Å². The van der Waals surface area contributed by atoms with Crippen molar-refractivity contribution in [2.75, 3.05) is 0 Å². The maximum atomic E-state index is 0. The summed E-state index contributed by atoms with van der Waals surface area (Å²) >= 11 is 0. The average Bonchev–Trinajstić information content (AvgIpc) is 0. The zero-order valence-corrected chi connectivity index (χ0v) is 5.30. The summed E-state index contributed by atoms with van der Waals surface area (Å²) in [5, 5.41) is 0. The molecule has 0 aliphatic carbocycles. The summed E-state index contributed by atoms with van der Waals surface area (Å²) in [6.07, 6.45) is 0. The fourth-order valence-corrected chi connectivity index (χ4v) is 0. The van der Waals surface area contributed by atoms with Gasteiger partial charge in [0.05, 0.1) is 0 Å². The van der Waals surface area contributed by atoms with Gasteiger partial charge in [0.15, 0.2) is 0 Å². The summed E-state index contributed by atoms with van der Waals surface area (Å²) in [6.45, 7) is 0. The van der Waals surface area contributed by atoms with E-state index in [1.165, 1.54) is 0 Å². The van der Waals surface area contributed by atoms with E-state index in [2.05, 4.69) is 0 Å². The summed E-state index contributed by atoms with van der Waals surface area (Å²) in [6, 6.07) is 0. The van der Waals surface area contributed by atoms with E-state index >= 15 is 0 Å². The molecule has 0 N–H and O–H groups in total. The van der Waals surface area contributed by atoms with E-state index in [9.17, 15) is 0 Å². The molecule has 0 aromatic rings. The summed E-state index contributed by atoms with van der Waals surface area (Å²) in [5.74, 6) is 0. The Morgan fingerprint density at radius 2 is 0.600 bits per heavy atom. The van der Waals surface area contributed by atoms with Gasteiger partial charge in [0, 0.05) is 0 Å². The van der Waals surface area contributed by atoms with Crippen LogP contribution in [0.1, 0.15) is 14.9 Å². The molecule has 0 unspecified atom stereocenters. The molecule has 0 nitrogen and oxygen atoms in total. The number of hydrogen-bond donors (Lipinski definition) is 0. The normalized spacial score (nSPS) is 0. The van der Waals surface area contributed by atoms with Gasteiger partial charge in [-0.05, 0) is 0 Å². The standard InChI is InChI=1S/2CH4.2CH3.Cm/h2*1H4;2*1H3;/q;;2*-1;. The second-order valence-corrected chi connectivity index (χ2v) is 0. The average molecular weight is 309 g/mol. The molecular formula is C4H14Cm-2. The maximum absolute atomic E-state index is 0. The Bertz CT molecular complexity index is 3.61. The van der Waals surface area contributed by atoms with E-state index in [0.717, 1.165) is 0 Å². The minimum Gasteiger partial charge on any atom is -0.358 e. The van der Waals surface area contributed by atoms with Gasteiger partial charge < -0.3 is 14.9 Å². The van der Waals surface area contributed by atoms with Gasteiger partial charge in [0.25, 0.3) is 0 Å². The fraction of sp³-hybridized carbons (Fsp3) is 0.500. The number of rotatable bonds is 0. The second kappa shape index (κ2) is 12.0. The van der Waals surface area contributed by atoms with Crippen LogP contribution in [0.3, 0.4) is 0 Å². The molecule has 0 aromatic carbocycles.